The zero-order valence-corrected chi connectivity index (χ0v) is 6.18. The first kappa shape index (κ1) is 6.73. The Labute approximate surface area is 56.2 Å². The predicted molar refractivity (Wildman–Crippen MR) is 41.1 cm³/mol. The fourth-order valence-corrected chi connectivity index (χ4v) is 1.25. The summed E-state index contributed by atoms with van der Waals surface area (Å²) in [7, 11) is -0.896. The molecular formula is C7H9OP. The van der Waals surface area contributed by atoms with Gasteiger partial charge in [-0.1, -0.05) is 30.3 Å². The van der Waals surface area contributed by atoms with Gasteiger partial charge in [-0.2, -0.15) is 0 Å². The van der Waals surface area contributed by atoms with Gasteiger partial charge in [0.25, 0.3) is 0 Å². The first-order valence-electron chi connectivity index (χ1n) is 2.78. The molecule has 0 aliphatic carbocycles. The Bertz CT molecular complexity index is 172. The highest BCUT2D eigenvalue weighted by molar-refractivity contribution is 7.59. The summed E-state index contributed by atoms with van der Waals surface area (Å²) in [5.41, 5.74) is 0. The minimum atomic E-state index is -0.896. The maximum Gasteiger partial charge on any atom is 0.0531 e. The average molecular weight is 140 g/mol. The Morgan fingerprint density at radius 2 is 1.78 bits per heavy atom. The molecule has 1 nitrogen and oxygen atoms in total. The molecule has 0 fully saturated rings. The normalized spacial score (nSPS) is 13.1. The van der Waals surface area contributed by atoms with Gasteiger partial charge in [-0.3, -0.25) is 0 Å². The van der Waals surface area contributed by atoms with Crippen molar-refractivity contribution in [2.45, 2.75) is 0 Å². The molecule has 0 bridgehead atoms. The first-order valence-corrected chi connectivity index (χ1v) is 4.52. The fourth-order valence-electron chi connectivity index (χ4n) is 0.644. The van der Waals surface area contributed by atoms with Gasteiger partial charge < -0.3 is 4.89 Å². The van der Waals surface area contributed by atoms with Crippen molar-refractivity contribution < 1.29 is 4.89 Å². The van der Waals surface area contributed by atoms with Gasteiger partial charge in [0.1, 0.15) is 0 Å². The second kappa shape index (κ2) is 2.95. The Balaban J connectivity index is 2.85. The van der Waals surface area contributed by atoms with Crippen LogP contribution in [-0.2, 0) is 0 Å². The third-order valence-corrected chi connectivity index (χ3v) is 2.18. The van der Waals surface area contributed by atoms with Crippen LogP contribution in [0, 0.1) is 0 Å². The third kappa shape index (κ3) is 1.78. The minimum absolute atomic E-state index is 0.896. The van der Waals surface area contributed by atoms with Crippen LogP contribution in [0.3, 0.4) is 0 Å². The zero-order valence-electron chi connectivity index (χ0n) is 5.28. The molecular weight excluding hydrogens is 131 g/mol. The van der Waals surface area contributed by atoms with Gasteiger partial charge in [-0.15, -0.1) is 0 Å². The fraction of sp³-hybridized carbons (Fsp3) is 0.143. The largest absolute Gasteiger partial charge is 0.369 e. The molecule has 1 aromatic carbocycles. The molecule has 48 valence electrons. The quantitative estimate of drug-likeness (QED) is 0.583. The van der Waals surface area contributed by atoms with Crippen LogP contribution < -0.4 is 5.30 Å². The lowest BCUT2D eigenvalue weighted by Crippen LogP contribution is -1.95. The maximum atomic E-state index is 9.09. The van der Waals surface area contributed by atoms with Crippen LogP contribution >= 0.6 is 8.15 Å². The monoisotopic (exact) mass is 140 g/mol. The summed E-state index contributed by atoms with van der Waals surface area (Å²) in [4.78, 5) is 9.09. The minimum Gasteiger partial charge on any atom is -0.369 e. The number of benzene rings is 1. The molecule has 0 aliphatic rings. The van der Waals surface area contributed by atoms with Crippen molar-refractivity contribution in [3.8, 4) is 0 Å². The summed E-state index contributed by atoms with van der Waals surface area (Å²) in [5, 5.41) is 1.03. The predicted octanol–water partition coefficient (Wildman–Crippen LogP) is 1.33. The smallest absolute Gasteiger partial charge is 0.0531 e. The topological polar surface area (TPSA) is 20.2 Å². The summed E-state index contributed by atoms with van der Waals surface area (Å²) in [6.07, 6.45) is 0. The standard InChI is InChI=1S/C7H9OP/c1-9(8)7-5-3-2-4-6-7/h2-6,8H,1H3. The Hall–Kier alpha value is -0.390. The van der Waals surface area contributed by atoms with Gasteiger partial charge in [0.2, 0.25) is 0 Å². The van der Waals surface area contributed by atoms with Crippen molar-refractivity contribution in [2.75, 3.05) is 6.66 Å². The van der Waals surface area contributed by atoms with E-state index in [0.717, 1.165) is 5.30 Å². The van der Waals surface area contributed by atoms with Gasteiger partial charge in [0.15, 0.2) is 0 Å². The van der Waals surface area contributed by atoms with Crippen molar-refractivity contribution in [1.29, 1.82) is 0 Å². The van der Waals surface area contributed by atoms with Crippen LogP contribution in [0.25, 0.3) is 0 Å². The van der Waals surface area contributed by atoms with Crippen molar-refractivity contribution in [1.82, 2.24) is 0 Å². The molecule has 0 saturated carbocycles. The van der Waals surface area contributed by atoms with Gasteiger partial charge >= 0.3 is 0 Å². The van der Waals surface area contributed by atoms with E-state index in [2.05, 4.69) is 0 Å². The molecule has 0 saturated heterocycles. The van der Waals surface area contributed by atoms with Crippen LogP contribution in [0.15, 0.2) is 30.3 Å². The van der Waals surface area contributed by atoms with Gasteiger partial charge in [0.05, 0.1) is 8.15 Å². The van der Waals surface area contributed by atoms with Crippen LogP contribution in [-0.4, -0.2) is 11.6 Å². The first-order chi connectivity index (χ1) is 4.30. The van der Waals surface area contributed by atoms with Gasteiger partial charge in [-0.25, -0.2) is 0 Å². The van der Waals surface area contributed by atoms with E-state index in [1.807, 2.05) is 37.0 Å². The van der Waals surface area contributed by atoms with Gasteiger partial charge in [-0.05, 0) is 6.66 Å². The second-order valence-corrected chi connectivity index (χ2v) is 3.42. The Morgan fingerprint density at radius 1 is 1.22 bits per heavy atom. The van der Waals surface area contributed by atoms with Crippen LogP contribution in [0.5, 0.6) is 0 Å². The molecule has 9 heavy (non-hydrogen) atoms. The molecule has 1 aromatic rings. The average Bonchev–Trinajstić information content (AvgIpc) is 1.90. The lowest BCUT2D eigenvalue weighted by atomic mass is 10.4. The molecule has 1 unspecified atom stereocenters. The summed E-state index contributed by atoms with van der Waals surface area (Å²) >= 11 is 0. The molecule has 0 radical (unpaired) electrons. The molecule has 0 heterocycles. The van der Waals surface area contributed by atoms with E-state index in [1.54, 1.807) is 0 Å². The molecule has 1 N–H and O–H groups in total. The van der Waals surface area contributed by atoms with Crippen molar-refractivity contribution in [3.05, 3.63) is 30.3 Å². The summed E-state index contributed by atoms with van der Waals surface area (Å²) in [6.45, 7) is 1.82. The van der Waals surface area contributed by atoms with Crippen LogP contribution in [0.4, 0.5) is 0 Å². The van der Waals surface area contributed by atoms with E-state index in [1.165, 1.54) is 0 Å². The molecule has 0 spiro atoms. The molecule has 1 rings (SSSR count). The Morgan fingerprint density at radius 3 is 2.11 bits per heavy atom. The Kier molecular flexibility index (Phi) is 2.21. The SMILES string of the molecule is CP(O)c1ccccc1. The lowest BCUT2D eigenvalue weighted by molar-refractivity contribution is 0.641. The summed E-state index contributed by atoms with van der Waals surface area (Å²) in [6, 6.07) is 9.69. The molecule has 0 amide bonds. The van der Waals surface area contributed by atoms with E-state index in [9.17, 15) is 0 Å². The lowest BCUT2D eigenvalue weighted by Gasteiger charge is -2.00. The maximum absolute atomic E-state index is 9.09. The third-order valence-electron chi connectivity index (χ3n) is 1.13. The number of hydrogen-bond donors (Lipinski definition) is 1. The van der Waals surface area contributed by atoms with Crippen molar-refractivity contribution >= 4 is 13.5 Å². The van der Waals surface area contributed by atoms with Crippen molar-refractivity contribution in [3.63, 3.8) is 0 Å². The van der Waals surface area contributed by atoms with Gasteiger partial charge in [0, 0.05) is 5.30 Å². The zero-order chi connectivity index (χ0) is 6.69. The van der Waals surface area contributed by atoms with E-state index < -0.39 is 8.15 Å². The van der Waals surface area contributed by atoms with E-state index >= 15 is 0 Å². The highest BCUT2D eigenvalue weighted by Crippen LogP contribution is 2.21. The highest BCUT2D eigenvalue weighted by atomic mass is 31.1. The molecule has 1 atom stereocenters. The molecule has 0 aromatic heterocycles. The van der Waals surface area contributed by atoms with Crippen LogP contribution in [0.2, 0.25) is 0 Å². The highest BCUT2D eigenvalue weighted by Gasteiger charge is 1.95. The summed E-state index contributed by atoms with van der Waals surface area (Å²) in [5.74, 6) is 0. The summed E-state index contributed by atoms with van der Waals surface area (Å²) < 4.78 is 0. The molecule has 2 heteroatoms. The van der Waals surface area contributed by atoms with E-state index in [0.29, 0.717) is 0 Å². The second-order valence-electron chi connectivity index (χ2n) is 1.86. The number of hydrogen-bond acceptors (Lipinski definition) is 1. The van der Waals surface area contributed by atoms with Crippen molar-refractivity contribution in [2.24, 2.45) is 0 Å². The van der Waals surface area contributed by atoms with E-state index in [4.69, 9.17) is 4.89 Å². The number of rotatable bonds is 1. The molecule has 0 aliphatic heterocycles. The van der Waals surface area contributed by atoms with E-state index in [-0.39, 0.29) is 0 Å². The van der Waals surface area contributed by atoms with Crippen LogP contribution in [0.1, 0.15) is 0 Å².